The minimum Gasteiger partial charge on any atom is -0.294 e. The van der Waals surface area contributed by atoms with Crippen LogP contribution in [0.2, 0.25) is 0 Å². The molecule has 1 heterocycles. The number of benzene rings is 2. The number of aromatic nitrogens is 1. The van der Waals surface area contributed by atoms with Gasteiger partial charge in [0.15, 0.2) is 5.78 Å². The summed E-state index contributed by atoms with van der Waals surface area (Å²) in [5, 5.41) is 0.709. The van der Waals surface area contributed by atoms with Gasteiger partial charge in [0.1, 0.15) is 5.82 Å². The molecule has 0 fully saturated rings. The Labute approximate surface area is 134 Å². The van der Waals surface area contributed by atoms with E-state index in [1.807, 2.05) is 0 Å². The van der Waals surface area contributed by atoms with Crippen LogP contribution in [0.15, 0.2) is 54.7 Å². The Morgan fingerprint density at radius 3 is 2.50 bits per heavy atom. The summed E-state index contributed by atoms with van der Waals surface area (Å²) in [6.45, 7) is 0. The molecule has 2 nitrogen and oxygen atoms in total. The summed E-state index contributed by atoms with van der Waals surface area (Å²) in [7, 11) is 0. The van der Waals surface area contributed by atoms with Gasteiger partial charge in [0.25, 0.3) is 0 Å². The summed E-state index contributed by atoms with van der Waals surface area (Å²) < 4.78 is 52.4. The number of carbonyl (C=O) groups is 1. The first kappa shape index (κ1) is 16.1. The zero-order chi connectivity index (χ0) is 17.3. The normalized spacial score (nSPS) is 11.7. The molecular formula is C18H11F4NO. The molecule has 122 valence electrons. The molecule has 0 bridgehead atoms. The smallest absolute Gasteiger partial charge is 0.294 e. The van der Waals surface area contributed by atoms with Gasteiger partial charge in [-0.05, 0) is 29.8 Å². The van der Waals surface area contributed by atoms with Crippen LogP contribution in [0.25, 0.3) is 10.9 Å². The lowest BCUT2D eigenvalue weighted by atomic mass is 9.98. The molecule has 0 amide bonds. The van der Waals surface area contributed by atoms with Crippen molar-refractivity contribution in [1.29, 1.82) is 0 Å². The zero-order valence-electron chi connectivity index (χ0n) is 12.3. The van der Waals surface area contributed by atoms with E-state index in [1.165, 1.54) is 6.20 Å². The molecule has 3 rings (SSSR count). The van der Waals surface area contributed by atoms with E-state index in [1.54, 1.807) is 30.3 Å². The van der Waals surface area contributed by atoms with Gasteiger partial charge in [-0.25, -0.2) is 4.39 Å². The number of para-hydroxylation sites is 1. The van der Waals surface area contributed by atoms with Gasteiger partial charge in [-0.15, -0.1) is 0 Å². The molecule has 1 aromatic heterocycles. The Hall–Kier alpha value is -2.76. The molecule has 6 heteroatoms. The van der Waals surface area contributed by atoms with Crippen LogP contribution in [0.5, 0.6) is 0 Å². The van der Waals surface area contributed by atoms with Crippen molar-refractivity contribution >= 4 is 16.7 Å². The highest BCUT2D eigenvalue weighted by Gasteiger charge is 2.35. The summed E-state index contributed by atoms with van der Waals surface area (Å²) in [6, 6.07) is 11.4. The number of carbonyl (C=O) groups excluding carboxylic acids is 1. The van der Waals surface area contributed by atoms with Gasteiger partial charge < -0.3 is 0 Å². The van der Waals surface area contributed by atoms with Gasteiger partial charge in [0.2, 0.25) is 0 Å². The number of hydrogen-bond acceptors (Lipinski definition) is 2. The van der Waals surface area contributed by atoms with E-state index < -0.39 is 28.9 Å². The maximum Gasteiger partial charge on any atom is 0.419 e. The first-order valence-electron chi connectivity index (χ1n) is 7.09. The lowest BCUT2D eigenvalue weighted by Gasteiger charge is -2.11. The van der Waals surface area contributed by atoms with Crippen molar-refractivity contribution < 1.29 is 22.4 Å². The number of pyridine rings is 1. The van der Waals surface area contributed by atoms with Gasteiger partial charge in [0.05, 0.1) is 16.6 Å². The van der Waals surface area contributed by atoms with E-state index in [4.69, 9.17) is 0 Å². The van der Waals surface area contributed by atoms with Crippen molar-refractivity contribution in [3.63, 3.8) is 0 Å². The lowest BCUT2D eigenvalue weighted by Crippen LogP contribution is -2.13. The van der Waals surface area contributed by atoms with Crippen molar-refractivity contribution in [2.75, 3.05) is 0 Å². The third-order valence-corrected chi connectivity index (χ3v) is 3.69. The average Bonchev–Trinajstić information content (AvgIpc) is 2.54. The number of nitrogens with zero attached hydrogens (tertiary/aromatic N) is 1. The third kappa shape index (κ3) is 2.99. The van der Waals surface area contributed by atoms with Gasteiger partial charge in [-0.2, -0.15) is 13.2 Å². The Bertz CT molecular complexity index is 913. The molecule has 0 aliphatic carbocycles. The Morgan fingerprint density at radius 1 is 1.00 bits per heavy atom. The number of halogens is 4. The maximum atomic E-state index is 14.1. The zero-order valence-corrected chi connectivity index (χ0v) is 12.3. The summed E-state index contributed by atoms with van der Waals surface area (Å²) in [5.41, 5.74) is -0.756. The fourth-order valence-corrected chi connectivity index (χ4v) is 2.54. The molecule has 0 spiro atoms. The highest BCUT2D eigenvalue weighted by molar-refractivity contribution is 6.00. The Balaban J connectivity index is 1.99. The van der Waals surface area contributed by atoms with E-state index in [9.17, 15) is 22.4 Å². The van der Waals surface area contributed by atoms with Crippen molar-refractivity contribution in [2.24, 2.45) is 0 Å². The third-order valence-electron chi connectivity index (χ3n) is 3.69. The fourth-order valence-electron chi connectivity index (χ4n) is 2.54. The Kier molecular flexibility index (Phi) is 4.05. The molecule has 0 aliphatic rings. The van der Waals surface area contributed by atoms with E-state index in [2.05, 4.69) is 4.98 Å². The summed E-state index contributed by atoms with van der Waals surface area (Å²) in [6.07, 6.45) is -3.54. The second-order valence-electron chi connectivity index (χ2n) is 5.25. The van der Waals surface area contributed by atoms with Crippen molar-refractivity contribution in [2.45, 2.75) is 12.6 Å². The summed E-state index contributed by atoms with van der Waals surface area (Å²) in [5.74, 6) is -2.25. The molecule has 0 atom stereocenters. The summed E-state index contributed by atoms with van der Waals surface area (Å²) >= 11 is 0. The molecule has 0 unspecified atom stereocenters. The SMILES string of the molecule is O=C(Cc1ccnc2ccccc12)c1cccc(C(F)(F)F)c1F. The number of ketones is 1. The molecule has 0 radical (unpaired) electrons. The largest absolute Gasteiger partial charge is 0.419 e. The first-order valence-corrected chi connectivity index (χ1v) is 7.09. The van der Waals surface area contributed by atoms with Crippen molar-refractivity contribution in [3.8, 4) is 0 Å². The highest BCUT2D eigenvalue weighted by Crippen LogP contribution is 2.32. The van der Waals surface area contributed by atoms with Crippen LogP contribution in [0.1, 0.15) is 21.5 Å². The fraction of sp³-hybridized carbons (Fsp3) is 0.111. The van der Waals surface area contributed by atoms with Crippen LogP contribution in [0.4, 0.5) is 17.6 Å². The maximum absolute atomic E-state index is 14.1. The molecule has 3 aromatic rings. The number of fused-ring (bicyclic) bond motifs is 1. The average molecular weight is 333 g/mol. The number of hydrogen-bond donors (Lipinski definition) is 0. The van der Waals surface area contributed by atoms with E-state index in [0.29, 0.717) is 22.5 Å². The van der Waals surface area contributed by atoms with Gasteiger partial charge >= 0.3 is 6.18 Å². The standard InChI is InChI=1S/C18H11F4NO/c19-17-13(5-3-6-14(17)18(20,21)22)16(24)10-11-8-9-23-15-7-2-1-4-12(11)15/h1-9H,10H2. The first-order chi connectivity index (χ1) is 11.4. The molecule has 24 heavy (non-hydrogen) atoms. The number of alkyl halides is 3. The van der Waals surface area contributed by atoms with E-state index >= 15 is 0 Å². The topological polar surface area (TPSA) is 30.0 Å². The monoisotopic (exact) mass is 333 g/mol. The minimum atomic E-state index is -4.84. The molecule has 2 aromatic carbocycles. The number of rotatable bonds is 3. The van der Waals surface area contributed by atoms with E-state index in [0.717, 1.165) is 12.1 Å². The Morgan fingerprint density at radius 2 is 1.75 bits per heavy atom. The van der Waals surface area contributed by atoms with Crippen LogP contribution in [-0.4, -0.2) is 10.8 Å². The van der Waals surface area contributed by atoms with Crippen LogP contribution in [0.3, 0.4) is 0 Å². The van der Waals surface area contributed by atoms with Gasteiger partial charge in [-0.3, -0.25) is 9.78 Å². The summed E-state index contributed by atoms with van der Waals surface area (Å²) in [4.78, 5) is 16.5. The predicted molar refractivity (Wildman–Crippen MR) is 81.2 cm³/mol. The quantitative estimate of drug-likeness (QED) is 0.508. The second kappa shape index (κ2) is 6.03. The molecule has 0 aliphatic heterocycles. The number of Topliss-reactive ketones (excluding diaryl/α,β-unsaturated/α-hetero) is 1. The van der Waals surface area contributed by atoms with Crippen molar-refractivity contribution in [3.05, 3.63) is 77.2 Å². The van der Waals surface area contributed by atoms with Gasteiger partial charge in [-0.1, -0.05) is 24.3 Å². The molecule has 0 saturated carbocycles. The van der Waals surface area contributed by atoms with Gasteiger partial charge in [0, 0.05) is 18.0 Å². The van der Waals surface area contributed by atoms with E-state index in [-0.39, 0.29) is 6.42 Å². The molecule has 0 N–H and O–H groups in total. The minimum absolute atomic E-state index is 0.207. The van der Waals surface area contributed by atoms with Crippen LogP contribution >= 0.6 is 0 Å². The second-order valence-corrected chi connectivity index (χ2v) is 5.25. The lowest BCUT2D eigenvalue weighted by molar-refractivity contribution is -0.140. The van der Waals surface area contributed by atoms with Crippen LogP contribution < -0.4 is 0 Å². The molecular weight excluding hydrogens is 322 g/mol. The highest BCUT2D eigenvalue weighted by atomic mass is 19.4. The van der Waals surface area contributed by atoms with Crippen molar-refractivity contribution in [1.82, 2.24) is 4.98 Å². The van der Waals surface area contributed by atoms with Crippen LogP contribution in [-0.2, 0) is 12.6 Å². The molecule has 0 saturated heterocycles. The predicted octanol–water partition coefficient (Wildman–Crippen LogP) is 4.82. The van der Waals surface area contributed by atoms with Crippen LogP contribution in [0, 0.1) is 5.82 Å².